The van der Waals surface area contributed by atoms with E-state index in [0.717, 1.165) is 32.1 Å². The highest BCUT2D eigenvalue weighted by atomic mass is 16.9. The maximum atomic E-state index is 10.7. The Balaban J connectivity index is 1.90. The molecule has 4 aliphatic rings. The first-order chi connectivity index (χ1) is 8.16. The fraction of sp³-hybridized carbons (Fsp3) is 1.00. The number of rotatable bonds is 3. The maximum absolute atomic E-state index is 10.7. The van der Waals surface area contributed by atoms with Gasteiger partial charge in [0.05, 0.1) is 5.60 Å². The molecule has 0 aromatic heterocycles. The topological polar surface area (TPSA) is 72.6 Å². The zero-order valence-electron chi connectivity index (χ0n) is 11.1. The van der Waals surface area contributed by atoms with Crippen LogP contribution in [0.1, 0.15) is 52.4 Å². The molecule has 0 heterocycles. The lowest BCUT2D eigenvalue weighted by Crippen LogP contribution is -2.63. The maximum Gasteiger partial charge on any atom is 0.294 e. The predicted octanol–water partition coefficient (Wildman–Crippen LogP) is 2.31. The van der Waals surface area contributed by atoms with Crippen molar-refractivity contribution in [1.82, 2.24) is 0 Å². The Hall–Kier alpha value is -0.840. The zero-order valence-corrected chi connectivity index (χ0v) is 11.1. The van der Waals surface area contributed by atoms with Crippen LogP contribution in [0.4, 0.5) is 0 Å². The van der Waals surface area contributed by atoms with Crippen LogP contribution in [-0.4, -0.2) is 22.4 Å². The molecule has 2 atom stereocenters. The molecular weight excluding hydrogens is 234 g/mol. The molecule has 0 radical (unpaired) electrons. The fourth-order valence-electron chi connectivity index (χ4n) is 6.22. The van der Waals surface area contributed by atoms with Gasteiger partial charge in [-0.2, -0.15) is 0 Å². The van der Waals surface area contributed by atoms with E-state index in [2.05, 4.69) is 18.7 Å². The van der Waals surface area contributed by atoms with Gasteiger partial charge in [0.15, 0.2) is 0 Å². The lowest BCUT2D eigenvalue weighted by atomic mass is 9.39. The fourth-order valence-corrected chi connectivity index (χ4v) is 6.22. The third-order valence-electron chi connectivity index (χ3n) is 5.15. The molecule has 0 amide bonds. The summed E-state index contributed by atoms with van der Waals surface area (Å²) in [5, 5.41) is 20.5. The summed E-state index contributed by atoms with van der Waals surface area (Å²) < 4.78 is 0. The van der Waals surface area contributed by atoms with Gasteiger partial charge in [-0.05, 0) is 54.8 Å². The van der Waals surface area contributed by atoms with Crippen molar-refractivity contribution in [1.29, 1.82) is 0 Å². The molecule has 0 saturated heterocycles. The first-order valence-electron chi connectivity index (χ1n) is 6.66. The van der Waals surface area contributed by atoms with E-state index in [1.165, 1.54) is 0 Å². The Morgan fingerprint density at radius 1 is 1.11 bits per heavy atom. The SMILES string of the molecule is CC12CC3(C)CC(O)(C1)CC(CO[N+](=O)[O-])(C2)C3. The van der Waals surface area contributed by atoms with E-state index in [0.29, 0.717) is 6.42 Å². The molecule has 0 aromatic carbocycles. The number of nitrogens with zero attached hydrogens (tertiary/aromatic N) is 1. The molecule has 0 aliphatic heterocycles. The van der Waals surface area contributed by atoms with E-state index in [1.54, 1.807) is 0 Å². The smallest absolute Gasteiger partial charge is 0.294 e. The van der Waals surface area contributed by atoms with Gasteiger partial charge in [0.1, 0.15) is 6.61 Å². The quantitative estimate of drug-likeness (QED) is 0.620. The third-order valence-corrected chi connectivity index (χ3v) is 5.15. The summed E-state index contributed by atoms with van der Waals surface area (Å²) in [7, 11) is 0. The molecule has 4 aliphatic carbocycles. The van der Waals surface area contributed by atoms with E-state index >= 15 is 0 Å². The average molecular weight is 255 g/mol. The summed E-state index contributed by atoms with van der Waals surface area (Å²) in [5.74, 6) is 0. The van der Waals surface area contributed by atoms with Gasteiger partial charge in [-0.1, -0.05) is 13.8 Å². The number of aliphatic hydroxyl groups is 1. The van der Waals surface area contributed by atoms with Crippen LogP contribution in [0.2, 0.25) is 0 Å². The van der Waals surface area contributed by atoms with Crippen LogP contribution >= 0.6 is 0 Å². The van der Waals surface area contributed by atoms with Gasteiger partial charge in [0.2, 0.25) is 0 Å². The second-order valence-corrected chi connectivity index (χ2v) is 7.90. The number of hydrogen-bond acceptors (Lipinski definition) is 4. The van der Waals surface area contributed by atoms with Crippen molar-refractivity contribution < 1.29 is 15.0 Å². The van der Waals surface area contributed by atoms with E-state index in [4.69, 9.17) is 0 Å². The summed E-state index contributed by atoms with van der Waals surface area (Å²) in [6.45, 7) is 4.58. The molecule has 0 aromatic rings. The van der Waals surface area contributed by atoms with Crippen LogP contribution in [0.3, 0.4) is 0 Å². The summed E-state index contributed by atoms with van der Waals surface area (Å²) in [4.78, 5) is 15.1. The summed E-state index contributed by atoms with van der Waals surface area (Å²) in [6.07, 6.45) is 5.38. The van der Waals surface area contributed by atoms with E-state index in [1.807, 2.05) is 0 Å². The molecule has 1 N–H and O–H groups in total. The van der Waals surface area contributed by atoms with Crippen LogP contribution in [0.25, 0.3) is 0 Å². The van der Waals surface area contributed by atoms with Gasteiger partial charge < -0.3 is 9.94 Å². The van der Waals surface area contributed by atoms with Gasteiger partial charge >= 0.3 is 0 Å². The van der Waals surface area contributed by atoms with E-state index in [9.17, 15) is 15.2 Å². The lowest BCUT2D eigenvalue weighted by molar-refractivity contribution is -0.761. The van der Waals surface area contributed by atoms with E-state index in [-0.39, 0.29) is 22.9 Å². The van der Waals surface area contributed by atoms with Gasteiger partial charge in [-0.25, -0.2) is 0 Å². The Labute approximate surface area is 107 Å². The minimum atomic E-state index is -0.701. The predicted molar refractivity (Wildman–Crippen MR) is 64.2 cm³/mol. The molecule has 18 heavy (non-hydrogen) atoms. The molecule has 5 heteroatoms. The van der Waals surface area contributed by atoms with Gasteiger partial charge in [0, 0.05) is 0 Å². The molecule has 4 bridgehead atoms. The Kier molecular flexibility index (Phi) is 2.16. The highest BCUT2D eigenvalue weighted by molar-refractivity contribution is 5.15. The van der Waals surface area contributed by atoms with Crippen molar-refractivity contribution in [3.05, 3.63) is 10.1 Å². The van der Waals surface area contributed by atoms with Crippen LogP contribution in [-0.2, 0) is 4.84 Å². The second-order valence-electron chi connectivity index (χ2n) is 7.90. The van der Waals surface area contributed by atoms with Crippen molar-refractivity contribution in [2.24, 2.45) is 16.2 Å². The molecule has 102 valence electrons. The lowest BCUT2D eigenvalue weighted by Gasteiger charge is -2.67. The molecule has 5 nitrogen and oxygen atoms in total. The average Bonchev–Trinajstić information content (AvgIpc) is 2.06. The van der Waals surface area contributed by atoms with Gasteiger partial charge in [-0.15, -0.1) is 10.1 Å². The van der Waals surface area contributed by atoms with Crippen molar-refractivity contribution in [2.75, 3.05) is 6.61 Å². The van der Waals surface area contributed by atoms with Crippen molar-refractivity contribution in [2.45, 2.75) is 58.0 Å². The van der Waals surface area contributed by atoms with Crippen LogP contribution < -0.4 is 0 Å². The summed E-state index contributed by atoms with van der Waals surface area (Å²) in [6, 6.07) is 0. The zero-order chi connectivity index (χ0) is 13.2. The second kappa shape index (κ2) is 3.18. The van der Waals surface area contributed by atoms with Gasteiger partial charge in [0.25, 0.3) is 5.09 Å². The highest BCUT2D eigenvalue weighted by Gasteiger charge is 2.65. The van der Waals surface area contributed by atoms with E-state index < -0.39 is 10.7 Å². The highest BCUT2D eigenvalue weighted by Crippen LogP contribution is 2.70. The van der Waals surface area contributed by atoms with Crippen molar-refractivity contribution in [3.8, 4) is 0 Å². The molecule has 4 fully saturated rings. The normalized spacial score (nSPS) is 53.5. The Bertz CT molecular complexity index is 354. The molecule has 2 unspecified atom stereocenters. The summed E-state index contributed by atoms with van der Waals surface area (Å²) >= 11 is 0. The van der Waals surface area contributed by atoms with Crippen molar-refractivity contribution in [3.63, 3.8) is 0 Å². The summed E-state index contributed by atoms with van der Waals surface area (Å²) in [5.41, 5.74) is -0.575. The molecular formula is C13H21NO4. The standard InChI is InChI=1S/C13H21NO4/c1-10-3-11(2)5-12(4-10,9-18-14(16)17)8-13(15,6-10)7-11/h15H,3-9H2,1-2H3. The first-order valence-corrected chi connectivity index (χ1v) is 6.66. The van der Waals surface area contributed by atoms with Crippen LogP contribution in [0, 0.1) is 26.4 Å². The minimum absolute atomic E-state index is 0.123. The molecule has 4 rings (SSSR count). The third kappa shape index (κ3) is 1.79. The minimum Gasteiger partial charge on any atom is -0.390 e. The van der Waals surface area contributed by atoms with Crippen LogP contribution in [0.5, 0.6) is 0 Å². The number of hydrogen-bond donors (Lipinski definition) is 1. The Morgan fingerprint density at radius 3 is 2.11 bits per heavy atom. The van der Waals surface area contributed by atoms with Crippen molar-refractivity contribution >= 4 is 0 Å². The monoisotopic (exact) mass is 255 g/mol. The Morgan fingerprint density at radius 2 is 1.67 bits per heavy atom. The van der Waals surface area contributed by atoms with Gasteiger partial charge in [-0.3, -0.25) is 0 Å². The van der Waals surface area contributed by atoms with Crippen LogP contribution in [0.15, 0.2) is 0 Å². The largest absolute Gasteiger partial charge is 0.390 e. The first kappa shape index (κ1) is 12.2. The molecule has 0 spiro atoms. The molecule has 4 saturated carbocycles.